The summed E-state index contributed by atoms with van der Waals surface area (Å²) in [4.78, 5) is 29.2. The molecule has 1 aliphatic rings. The molecule has 0 aliphatic carbocycles. The fraction of sp³-hybridized carbons (Fsp3) is 0.273. The number of carbonyl (C=O) groups is 2. The lowest BCUT2D eigenvalue weighted by Gasteiger charge is -2.32. The molecular weight excluding hydrogens is 340 g/mol. The highest BCUT2D eigenvalue weighted by atomic mass is 16.4. The molecule has 2 N–H and O–H groups in total. The predicted octanol–water partition coefficient (Wildman–Crippen LogP) is 3.81. The van der Waals surface area contributed by atoms with Gasteiger partial charge in [-0.1, -0.05) is 36.4 Å². The number of piperidine rings is 1. The van der Waals surface area contributed by atoms with Gasteiger partial charge in [-0.3, -0.25) is 4.79 Å². The minimum Gasteiger partial charge on any atom is -0.478 e. The Kier molecular flexibility index (Phi) is 4.67. The number of rotatable bonds is 4. The highest BCUT2D eigenvalue weighted by molar-refractivity contribution is 5.91. The van der Waals surface area contributed by atoms with Gasteiger partial charge in [-0.05, 0) is 42.0 Å². The number of hydrogen-bond donors (Lipinski definition) is 2. The van der Waals surface area contributed by atoms with Gasteiger partial charge >= 0.3 is 5.97 Å². The molecule has 4 rings (SSSR count). The first-order valence-electron chi connectivity index (χ1n) is 9.28. The Bertz CT molecular complexity index is 984. The Labute approximate surface area is 157 Å². The molecule has 0 unspecified atom stereocenters. The zero-order valence-electron chi connectivity index (χ0n) is 15.0. The lowest BCUT2D eigenvalue weighted by Crippen LogP contribution is -2.39. The average Bonchev–Trinajstić information content (AvgIpc) is 3.12. The van der Waals surface area contributed by atoms with E-state index in [9.17, 15) is 14.7 Å². The van der Waals surface area contributed by atoms with Crippen molar-refractivity contribution in [1.29, 1.82) is 0 Å². The second-order valence-electron chi connectivity index (χ2n) is 7.08. The van der Waals surface area contributed by atoms with Gasteiger partial charge in [0.2, 0.25) is 5.91 Å². The van der Waals surface area contributed by atoms with Gasteiger partial charge in [0.25, 0.3) is 0 Å². The third-order valence-corrected chi connectivity index (χ3v) is 5.50. The molecule has 2 heterocycles. The van der Waals surface area contributed by atoms with Crippen LogP contribution in [0.4, 0.5) is 0 Å². The predicted molar refractivity (Wildman–Crippen MR) is 104 cm³/mol. The molecule has 1 amide bonds. The number of hydrogen-bond acceptors (Lipinski definition) is 2. The molecule has 0 spiro atoms. The molecule has 1 aromatic heterocycles. The summed E-state index contributed by atoms with van der Waals surface area (Å²) < 4.78 is 0. The number of nitrogens with one attached hydrogen (secondary N) is 1. The number of likely N-dealkylation sites (tertiary alicyclic amines) is 1. The number of aromatic nitrogens is 1. The van der Waals surface area contributed by atoms with E-state index in [0.717, 1.165) is 18.4 Å². The first-order valence-corrected chi connectivity index (χ1v) is 9.28. The van der Waals surface area contributed by atoms with E-state index in [0.29, 0.717) is 24.6 Å². The van der Waals surface area contributed by atoms with Crippen LogP contribution in [-0.2, 0) is 11.2 Å². The van der Waals surface area contributed by atoms with Crippen LogP contribution in [0.1, 0.15) is 40.2 Å². The molecule has 0 radical (unpaired) electrons. The summed E-state index contributed by atoms with van der Waals surface area (Å²) in [5, 5.41) is 10.5. The summed E-state index contributed by atoms with van der Waals surface area (Å²) in [7, 11) is 0. The molecule has 1 aliphatic heterocycles. The Morgan fingerprint density at radius 1 is 1.04 bits per heavy atom. The molecule has 1 saturated heterocycles. The Morgan fingerprint density at radius 3 is 2.52 bits per heavy atom. The van der Waals surface area contributed by atoms with Crippen LogP contribution < -0.4 is 0 Å². The van der Waals surface area contributed by atoms with Gasteiger partial charge in [0.15, 0.2) is 0 Å². The maximum Gasteiger partial charge on any atom is 0.335 e. The van der Waals surface area contributed by atoms with Crippen LogP contribution in [0.25, 0.3) is 10.9 Å². The summed E-state index contributed by atoms with van der Waals surface area (Å²) in [6.07, 6.45) is 4.08. The maximum absolute atomic E-state index is 12.7. The first-order chi connectivity index (χ1) is 13.1. The van der Waals surface area contributed by atoms with Crippen LogP contribution in [0.5, 0.6) is 0 Å². The first kappa shape index (κ1) is 17.3. The molecule has 1 fully saturated rings. The van der Waals surface area contributed by atoms with E-state index in [4.69, 9.17) is 0 Å². The van der Waals surface area contributed by atoms with Crippen molar-refractivity contribution in [3.63, 3.8) is 0 Å². The normalized spacial score (nSPS) is 15.2. The lowest BCUT2D eigenvalue weighted by molar-refractivity contribution is -0.131. The number of aromatic carboxylic acids is 1. The number of carboxylic acid groups (broad SMARTS) is 1. The fourth-order valence-electron chi connectivity index (χ4n) is 4.03. The molecule has 138 valence electrons. The van der Waals surface area contributed by atoms with Gasteiger partial charge in [0, 0.05) is 30.2 Å². The van der Waals surface area contributed by atoms with E-state index in [1.54, 1.807) is 24.3 Å². The molecule has 27 heavy (non-hydrogen) atoms. The molecule has 3 aromatic rings. The van der Waals surface area contributed by atoms with Crippen molar-refractivity contribution in [1.82, 2.24) is 9.88 Å². The second kappa shape index (κ2) is 7.27. The number of aromatic amines is 1. The van der Waals surface area contributed by atoms with Crippen molar-refractivity contribution in [2.24, 2.45) is 0 Å². The number of para-hydroxylation sites is 1. The van der Waals surface area contributed by atoms with Gasteiger partial charge < -0.3 is 15.0 Å². The number of amides is 1. The van der Waals surface area contributed by atoms with Gasteiger partial charge in [-0.2, -0.15) is 0 Å². The maximum atomic E-state index is 12.7. The SMILES string of the molecule is O=C(O)c1ccccc1CC(=O)N1CCC(c2c[nH]c3ccccc23)CC1. The molecule has 5 heteroatoms. The van der Waals surface area contributed by atoms with Crippen LogP contribution in [0.3, 0.4) is 0 Å². The highest BCUT2D eigenvalue weighted by Crippen LogP contribution is 2.33. The van der Waals surface area contributed by atoms with Crippen LogP contribution in [0.15, 0.2) is 54.7 Å². The Morgan fingerprint density at radius 2 is 1.74 bits per heavy atom. The zero-order chi connectivity index (χ0) is 18.8. The number of carbonyl (C=O) groups excluding carboxylic acids is 1. The third kappa shape index (κ3) is 3.45. The molecule has 2 aromatic carbocycles. The minimum atomic E-state index is -0.989. The monoisotopic (exact) mass is 362 g/mol. The Balaban J connectivity index is 1.42. The zero-order valence-corrected chi connectivity index (χ0v) is 15.0. The lowest BCUT2D eigenvalue weighted by atomic mass is 9.89. The smallest absolute Gasteiger partial charge is 0.335 e. The van der Waals surface area contributed by atoms with Gasteiger partial charge in [0.05, 0.1) is 12.0 Å². The van der Waals surface area contributed by atoms with Crippen molar-refractivity contribution in [2.45, 2.75) is 25.2 Å². The number of nitrogens with zero attached hydrogens (tertiary/aromatic N) is 1. The van der Waals surface area contributed by atoms with E-state index >= 15 is 0 Å². The van der Waals surface area contributed by atoms with Crippen LogP contribution in [0, 0.1) is 0 Å². The van der Waals surface area contributed by atoms with E-state index in [1.165, 1.54) is 10.9 Å². The topological polar surface area (TPSA) is 73.4 Å². The summed E-state index contributed by atoms with van der Waals surface area (Å²) in [6.45, 7) is 1.41. The van der Waals surface area contributed by atoms with Crippen molar-refractivity contribution < 1.29 is 14.7 Å². The minimum absolute atomic E-state index is 0.000997. The third-order valence-electron chi connectivity index (χ3n) is 5.50. The number of carboxylic acids is 1. The average molecular weight is 362 g/mol. The molecule has 0 bridgehead atoms. The molecule has 0 saturated carbocycles. The summed E-state index contributed by atoms with van der Waals surface area (Å²) in [6, 6.07) is 15.0. The molecule has 0 atom stereocenters. The van der Waals surface area contributed by atoms with Gasteiger partial charge in [-0.25, -0.2) is 4.79 Å². The van der Waals surface area contributed by atoms with Crippen molar-refractivity contribution in [2.75, 3.05) is 13.1 Å². The number of H-pyrrole nitrogens is 1. The summed E-state index contributed by atoms with van der Waals surface area (Å²) in [5.74, 6) is -0.547. The van der Waals surface area contributed by atoms with E-state index in [1.807, 2.05) is 11.0 Å². The quantitative estimate of drug-likeness (QED) is 0.741. The number of fused-ring (bicyclic) bond motifs is 1. The fourth-order valence-corrected chi connectivity index (χ4v) is 4.03. The molecule has 5 nitrogen and oxygen atoms in total. The summed E-state index contributed by atoms with van der Waals surface area (Å²) in [5.41, 5.74) is 3.26. The second-order valence-corrected chi connectivity index (χ2v) is 7.08. The van der Waals surface area contributed by atoms with Gasteiger partial charge in [0.1, 0.15) is 0 Å². The van der Waals surface area contributed by atoms with E-state index in [2.05, 4.69) is 29.4 Å². The van der Waals surface area contributed by atoms with Crippen LogP contribution in [-0.4, -0.2) is 40.0 Å². The van der Waals surface area contributed by atoms with Crippen molar-refractivity contribution in [3.8, 4) is 0 Å². The molecular formula is C22H22N2O3. The van der Waals surface area contributed by atoms with Gasteiger partial charge in [-0.15, -0.1) is 0 Å². The standard InChI is InChI=1S/C22H22N2O3/c25-21(13-16-5-1-2-6-17(16)22(26)27)24-11-9-15(10-12-24)19-14-23-20-8-4-3-7-18(19)20/h1-8,14-15,23H,9-13H2,(H,26,27). The van der Waals surface area contributed by atoms with Crippen molar-refractivity contribution >= 4 is 22.8 Å². The van der Waals surface area contributed by atoms with E-state index < -0.39 is 5.97 Å². The largest absolute Gasteiger partial charge is 0.478 e. The highest BCUT2D eigenvalue weighted by Gasteiger charge is 2.26. The van der Waals surface area contributed by atoms with Crippen LogP contribution in [0.2, 0.25) is 0 Å². The number of benzene rings is 2. The van der Waals surface area contributed by atoms with E-state index in [-0.39, 0.29) is 17.9 Å². The summed E-state index contributed by atoms with van der Waals surface area (Å²) >= 11 is 0. The van der Waals surface area contributed by atoms with Crippen molar-refractivity contribution in [3.05, 3.63) is 71.4 Å². The Hall–Kier alpha value is -3.08. The van der Waals surface area contributed by atoms with Crippen LogP contribution >= 0.6 is 0 Å².